The molecule has 3 nitrogen and oxygen atoms in total. The molecule has 1 heterocycles. The molecule has 0 aliphatic carbocycles. The molecule has 0 bridgehead atoms. The Morgan fingerprint density at radius 2 is 2.08 bits per heavy atom. The third kappa shape index (κ3) is 1.41. The molecule has 0 saturated carbocycles. The number of anilines is 1. The summed E-state index contributed by atoms with van der Waals surface area (Å²) in [6.45, 7) is 0. The minimum Gasteiger partial charge on any atom is -0.394 e. The van der Waals surface area contributed by atoms with Crippen molar-refractivity contribution in [2.75, 3.05) is 5.73 Å². The predicted molar refractivity (Wildman–Crippen MR) is 36.4 cm³/mol. The van der Waals surface area contributed by atoms with Crippen molar-refractivity contribution in [2.24, 2.45) is 0 Å². The normalized spacial score (nSPS) is 10.7. The molecule has 0 aromatic carbocycles. The molecule has 1 rings (SSSR count). The Morgan fingerprint density at radius 1 is 1.50 bits per heavy atom. The van der Waals surface area contributed by atoms with Crippen molar-refractivity contribution in [3.8, 4) is 0 Å². The van der Waals surface area contributed by atoms with Gasteiger partial charge in [-0.2, -0.15) is 4.39 Å². The maximum atomic E-state index is 12.5. The molecule has 0 aliphatic heterocycles. The van der Waals surface area contributed by atoms with Gasteiger partial charge in [-0.3, -0.25) is 9.78 Å². The number of aromatic nitrogens is 1. The van der Waals surface area contributed by atoms with Gasteiger partial charge in [0.15, 0.2) is 0 Å². The van der Waals surface area contributed by atoms with Crippen LogP contribution < -0.4 is 11.3 Å². The van der Waals surface area contributed by atoms with Crippen LogP contribution in [0.3, 0.4) is 0 Å². The Labute approximate surface area is 65.0 Å². The first kappa shape index (κ1) is 8.63. The van der Waals surface area contributed by atoms with Crippen LogP contribution in [0.25, 0.3) is 0 Å². The maximum Gasteiger partial charge on any atom is 0.273 e. The zero-order valence-corrected chi connectivity index (χ0v) is 5.77. The van der Waals surface area contributed by atoms with Crippen LogP contribution in [0.4, 0.5) is 18.9 Å². The summed E-state index contributed by atoms with van der Waals surface area (Å²) in [4.78, 5) is 12.1. The van der Waals surface area contributed by atoms with Gasteiger partial charge in [0.05, 0.1) is 11.3 Å². The van der Waals surface area contributed by atoms with Crippen molar-refractivity contribution in [1.82, 2.24) is 4.98 Å². The molecule has 0 atom stereocenters. The van der Waals surface area contributed by atoms with E-state index in [0.29, 0.717) is 6.07 Å². The van der Waals surface area contributed by atoms with Gasteiger partial charge in [-0.25, -0.2) is 8.78 Å². The minimum atomic E-state index is -2.98. The lowest BCUT2D eigenvalue weighted by Gasteiger charge is -2.01. The SMILES string of the molecule is Nc1cc(C(F)F)c(F)[nH]c1=O. The standard InChI is InChI=1S/C6H5F3N2O/c7-4(8)2-1-3(10)6(12)11-5(2)9/h1,4H,10H2,(H,11,12). The smallest absolute Gasteiger partial charge is 0.273 e. The van der Waals surface area contributed by atoms with Gasteiger partial charge in [-0.1, -0.05) is 0 Å². The van der Waals surface area contributed by atoms with E-state index in [1.807, 2.05) is 0 Å². The van der Waals surface area contributed by atoms with E-state index < -0.39 is 29.2 Å². The number of nitrogens with two attached hydrogens (primary N) is 1. The van der Waals surface area contributed by atoms with Gasteiger partial charge in [0.2, 0.25) is 5.95 Å². The lowest BCUT2D eigenvalue weighted by Crippen LogP contribution is -2.15. The number of aromatic amines is 1. The summed E-state index contributed by atoms with van der Waals surface area (Å²) in [5.74, 6) is -1.34. The first-order chi connectivity index (χ1) is 5.52. The van der Waals surface area contributed by atoms with Crippen molar-refractivity contribution in [3.63, 3.8) is 0 Å². The molecular weight excluding hydrogens is 173 g/mol. The van der Waals surface area contributed by atoms with Crippen molar-refractivity contribution < 1.29 is 13.2 Å². The molecule has 0 radical (unpaired) electrons. The van der Waals surface area contributed by atoms with Gasteiger partial charge in [-0.15, -0.1) is 0 Å². The number of nitrogen functional groups attached to an aromatic ring is 1. The molecule has 1 aromatic heterocycles. The zero-order valence-electron chi connectivity index (χ0n) is 5.77. The number of alkyl halides is 2. The fourth-order valence-corrected chi connectivity index (χ4v) is 0.699. The quantitative estimate of drug-likeness (QED) is 0.631. The van der Waals surface area contributed by atoms with Gasteiger partial charge in [0.1, 0.15) is 0 Å². The fraction of sp³-hybridized carbons (Fsp3) is 0.167. The van der Waals surface area contributed by atoms with Crippen molar-refractivity contribution >= 4 is 5.69 Å². The van der Waals surface area contributed by atoms with E-state index in [1.54, 1.807) is 4.98 Å². The number of rotatable bonds is 1. The Bertz CT molecular complexity index is 347. The Balaban J connectivity index is 3.33. The molecule has 0 aliphatic rings. The van der Waals surface area contributed by atoms with Crippen LogP contribution in [0.2, 0.25) is 0 Å². The number of H-pyrrole nitrogens is 1. The first-order valence-electron chi connectivity index (χ1n) is 2.98. The highest BCUT2D eigenvalue weighted by Gasteiger charge is 2.15. The second kappa shape index (κ2) is 2.88. The van der Waals surface area contributed by atoms with E-state index in [1.165, 1.54) is 0 Å². The van der Waals surface area contributed by atoms with Crippen LogP contribution in [-0.2, 0) is 0 Å². The maximum absolute atomic E-state index is 12.5. The lowest BCUT2D eigenvalue weighted by atomic mass is 10.2. The van der Waals surface area contributed by atoms with E-state index in [0.717, 1.165) is 0 Å². The van der Waals surface area contributed by atoms with Crippen LogP contribution in [0, 0.1) is 5.95 Å². The number of pyridine rings is 1. The summed E-state index contributed by atoms with van der Waals surface area (Å²) in [6.07, 6.45) is -2.98. The lowest BCUT2D eigenvalue weighted by molar-refractivity contribution is 0.145. The Hall–Kier alpha value is -1.46. The highest BCUT2D eigenvalue weighted by atomic mass is 19.3. The summed E-state index contributed by atoms with van der Waals surface area (Å²) in [6, 6.07) is 0.624. The van der Waals surface area contributed by atoms with Crippen LogP contribution >= 0.6 is 0 Å². The van der Waals surface area contributed by atoms with Crippen molar-refractivity contribution in [2.45, 2.75) is 6.43 Å². The monoisotopic (exact) mass is 178 g/mol. The van der Waals surface area contributed by atoms with Gasteiger partial charge >= 0.3 is 0 Å². The second-order valence-corrected chi connectivity index (χ2v) is 2.12. The van der Waals surface area contributed by atoms with E-state index >= 15 is 0 Å². The molecule has 0 unspecified atom stereocenters. The molecule has 6 heteroatoms. The minimum absolute atomic E-state index is 0.424. The topological polar surface area (TPSA) is 58.9 Å². The van der Waals surface area contributed by atoms with Gasteiger partial charge in [0.25, 0.3) is 12.0 Å². The van der Waals surface area contributed by atoms with Gasteiger partial charge < -0.3 is 5.73 Å². The highest BCUT2D eigenvalue weighted by Crippen LogP contribution is 2.20. The highest BCUT2D eigenvalue weighted by molar-refractivity contribution is 5.37. The molecule has 3 N–H and O–H groups in total. The first-order valence-corrected chi connectivity index (χ1v) is 2.98. The second-order valence-electron chi connectivity index (χ2n) is 2.12. The van der Waals surface area contributed by atoms with Crippen molar-refractivity contribution in [3.05, 3.63) is 27.9 Å². The third-order valence-corrected chi connectivity index (χ3v) is 1.29. The number of nitrogens with one attached hydrogen (secondary N) is 1. The summed E-state index contributed by atoms with van der Waals surface area (Å²) in [5, 5.41) is 0. The fourth-order valence-electron chi connectivity index (χ4n) is 0.699. The molecule has 0 fully saturated rings. The third-order valence-electron chi connectivity index (χ3n) is 1.29. The zero-order chi connectivity index (χ0) is 9.30. The summed E-state index contributed by atoms with van der Waals surface area (Å²) in [5.41, 5.74) is 2.76. The van der Waals surface area contributed by atoms with Crippen molar-refractivity contribution in [1.29, 1.82) is 0 Å². The van der Waals surface area contributed by atoms with Crippen LogP contribution in [0.15, 0.2) is 10.9 Å². The van der Waals surface area contributed by atoms with Gasteiger partial charge in [-0.05, 0) is 6.07 Å². The van der Waals surface area contributed by atoms with E-state index in [9.17, 15) is 18.0 Å². The molecule has 1 aromatic rings. The number of halogens is 3. The molecule has 12 heavy (non-hydrogen) atoms. The average Bonchev–Trinajstić information content (AvgIpc) is 1.96. The van der Waals surface area contributed by atoms with Crippen LogP contribution in [0.5, 0.6) is 0 Å². The van der Waals surface area contributed by atoms with Gasteiger partial charge in [0, 0.05) is 0 Å². The van der Waals surface area contributed by atoms with E-state index in [4.69, 9.17) is 5.73 Å². The predicted octanol–water partition coefficient (Wildman–Crippen LogP) is 1.03. The molecule has 0 saturated heterocycles. The Morgan fingerprint density at radius 3 is 2.58 bits per heavy atom. The summed E-state index contributed by atoms with van der Waals surface area (Å²) < 4.78 is 36.3. The molecule has 0 spiro atoms. The van der Waals surface area contributed by atoms with Crippen LogP contribution in [-0.4, -0.2) is 4.98 Å². The molecule has 66 valence electrons. The van der Waals surface area contributed by atoms with E-state index in [-0.39, 0.29) is 0 Å². The molecule has 0 amide bonds. The largest absolute Gasteiger partial charge is 0.394 e. The molecular formula is C6H5F3N2O. The van der Waals surface area contributed by atoms with Crippen LogP contribution in [0.1, 0.15) is 12.0 Å². The summed E-state index contributed by atoms with van der Waals surface area (Å²) >= 11 is 0. The van der Waals surface area contributed by atoms with E-state index in [2.05, 4.69) is 0 Å². The summed E-state index contributed by atoms with van der Waals surface area (Å²) in [7, 11) is 0. The number of hydrogen-bond acceptors (Lipinski definition) is 2. The Kier molecular flexibility index (Phi) is 2.07. The average molecular weight is 178 g/mol. The number of hydrogen-bond donors (Lipinski definition) is 2.